The van der Waals surface area contributed by atoms with Gasteiger partial charge < -0.3 is 5.11 Å². The van der Waals surface area contributed by atoms with Gasteiger partial charge in [0.15, 0.2) is 0 Å². The fourth-order valence-corrected chi connectivity index (χ4v) is 0. The third-order valence-electron chi connectivity index (χ3n) is 0.398. The summed E-state index contributed by atoms with van der Waals surface area (Å²) < 4.78 is -0.426. The average Bonchev–Trinajstić information content (AvgIpc) is 1.36. The first kappa shape index (κ1) is 6.60. The summed E-state index contributed by atoms with van der Waals surface area (Å²) in [4.78, 5) is 0. The van der Waals surface area contributed by atoms with E-state index in [2.05, 4.69) is 12.6 Å². The summed E-state index contributed by atoms with van der Waals surface area (Å²) in [6.45, 7) is 1.59. The lowest BCUT2D eigenvalue weighted by atomic mass is 10.5. The molecule has 6 heavy (non-hydrogen) atoms. The van der Waals surface area contributed by atoms with Gasteiger partial charge in [-0.05, 0) is 6.92 Å². The minimum atomic E-state index is -0.519. The van der Waals surface area contributed by atoms with Gasteiger partial charge in [-0.1, -0.05) is 0 Å². The SMILES string of the molecule is CC(O)C(S)Cl. The number of alkyl halides is 1. The van der Waals surface area contributed by atoms with E-state index in [4.69, 9.17) is 16.7 Å². The molecule has 0 spiro atoms. The largest absolute Gasteiger partial charge is 0.391 e. The van der Waals surface area contributed by atoms with E-state index in [0.717, 1.165) is 0 Å². The van der Waals surface area contributed by atoms with E-state index in [0.29, 0.717) is 0 Å². The molecule has 2 atom stereocenters. The summed E-state index contributed by atoms with van der Waals surface area (Å²) >= 11 is 8.94. The standard InChI is InChI=1S/C3H7ClOS/c1-2(5)3(4)6/h2-3,5-6H,1H3. The Morgan fingerprint density at radius 2 is 2.00 bits per heavy atom. The van der Waals surface area contributed by atoms with Crippen LogP contribution in [0.1, 0.15) is 6.92 Å². The van der Waals surface area contributed by atoms with E-state index in [9.17, 15) is 0 Å². The lowest BCUT2D eigenvalue weighted by Crippen LogP contribution is -2.08. The number of rotatable bonds is 1. The third-order valence-corrected chi connectivity index (χ3v) is 1.19. The molecule has 1 nitrogen and oxygen atoms in total. The van der Waals surface area contributed by atoms with Crippen molar-refractivity contribution >= 4 is 24.2 Å². The Bertz CT molecular complexity index is 31.8. The van der Waals surface area contributed by atoms with Crippen molar-refractivity contribution in [1.29, 1.82) is 0 Å². The number of aliphatic hydroxyl groups is 1. The van der Waals surface area contributed by atoms with Crippen LogP contribution in [0.15, 0.2) is 0 Å². The Morgan fingerprint density at radius 1 is 1.83 bits per heavy atom. The molecule has 0 aromatic rings. The molecule has 38 valence electrons. The van der Waals surface area contributed by atoms with Gasteiger partial charge in [0.05, 0.1) is 6.10 Å². The average molecular weight is 127 g/mol. The summed E-state index contributed by atoms with van der Waals surface area (Å²) in [5.74, 6) is 0. The molecule has 0 saturated heterocycles. The molecule has 0 aromatic carbocycles. The lowest BCUT2D eigenvalue weighted by molar-refractivity contribution is 0.211. The molecule has 0 aliphatic rings. The van der Waals surface area contributed by atoms with Gasteiger partial charge in [0.25, 0.3) is 0 Å². The van der Waals surface area contributed by atoms with Crippen molar-refractivity contribution in [3.8, 4) is 0 Å². The first-order chi connectivity index (χ1) is 2.64. The van der Waals surface area contributed by atoms with Gasteiger partial charge in [-0.25, -0.2) is 0 Å². The lowest BCUT2D eigenvalue weighted by Gasteiger charge is -2.01. The third kappa shape index (κ3) is 2.82. The smallest absolute Gasteiger partial charge is 0.102 e. The zero-order valence-electron chi connectivity index (χ0n) is 3.43. The summed E-state index contributed by atoms with van der Waals surface area (Å²) in [7, 11) is 0. The van der Waals surface area contributed by atoms with Crippen LogP contribution < -0.4 is 0 Å². The molecule has 0 heterocycles. The molecule has 0 saturated carbocycles. The maximum atomic E-state index is 8.42. The first-order valence-electron chi connectivity index (χ1n) is 1.65. The molecule has 0 fully saturated rings. The first-order valence-corrected chi connectivity index (χ1v) is 2.60. The Balaban J connectivity index is 2.99. The Hall–Kier alpha value is 0.600. The number of hydrogen-bond acceptors (Lipinski definition) is 2. The van der Waals surface area contributed by atoms with Crippen molar-refractivity contribution in [3.63, 3.8) is 0 Å². The van der Waals surface area contributed by atoms with Crippen molar-refractivity contribution in [2.45, 2.75) is 17.7 Å². The van der Waals surface area contributed by atoms with Crippen molar-refractivity contribution in [2.75, 3.05) is 0 Å². The summed E-state index contributed by atoms with van der Waals surface area (Å²) in [6.07, 6.45) is -0.519. The topological polar surface area (TPSA) is 20.2 Å². The van der Waals surface area contributed by atoms with Crippen LogP contribution >= 0.6 is 24.2 Å². The predicted molar refractivity (Wildman–Crippen MR) is 30.3 cm³/mol. The highest BCUT2D eigenvalue weighted by atomic mass is 35.5. The summed E-state index contributed by atoms with van der Waals surface area (Å²) in [5, 5.41) is 8.42. The van der Waals surface area contributed by atoms with Crippen LogP contribution in [-0.4, -0.2) is 15.9 Å². The predicted octanol–water partition coefficient (Wildman–Crippen LogP) is 0.862. The van der Waals surface area contributed by atoms with Gasteiger partial charge in [-0.15, -0.1) is 11.6 Å². The molecule has 0 rings (SSSR count). The second-order valence-electron chi connectivity index (χ2n) is 1.11. The molecular formula is C3H7ClOS. The van der Waals surface area contributed by atoms with Gasteiger partial charge in [-0.3, -0.25) is 0 Å². The molecule has 1 N–H and O–H groups in total. The van der Waals surface area contributed by atoms with E-state index in [1.165, 1.54) is 0 Å². The Kier molecular flexibility index (Phi) is 2.99. The van der Waals surface area contributed by atoms with E-state index < -0.39 is 10.8 Å². The zero-order chi connectivity index (χ0) is 5.15. The van der Waals surface area contributed by atoms with Crippen LogP contribution in [-0.2, 0) is 0 Å². The monoisotopic (exact) mass is 126 g/mol. The minimum absolute atomic E-state index is 0.426. The molecule has 0 aromatic heterocycles. The molecule has 0 aliphatic heterocycles. The normalized spacial score (nSPS) is 20.0. The summed E-state index contributed by atoms with van der Waals surface area (Å²) in [6, 6.07) is 0. The van der Waals surface area contributed by atoms with Gasteiger partial charge in [0.1, 0.15) is 4.71 Å². The Labute approximate surface area is 47.7 Å². The van der Waals surface area contributed by atoms with Crippen LogP contribution in [0.4, 0.5) is 0 Å². The number of hydrogen-bond donors (Lipinski definition) is 2. The highest BCUT2D eigenvalue weighted by Crippen LogP contribution is 2.04. The van der Waals surface area contributed by atoms with Crippen LogP contribution in [0.25, 0.3) is 0 Å². The molecule has 0 aliphatic carbocycles. The zero-order valence-corrected chi connectivity index (χ0v) is 5.08. The number of thiol groups is 1. The summed E-state index contributed by atoms with van der Waals surface area (Å²) in [5.41, 5.74) is 0. The van der Waals surface area contributed by atoms with Crippen LogP contribution in [0, 0.1) is 0 Å². The molecular weight excluding hydrogens is 120 g/mol. The van der Waals surface area contributed by atoms with Crippen LogP contribution in [0.5, 0.6) is 0 Å². The van der Waals surface area contributed by atoms with Crippen LogP contribution in [0.3, 0.4) is 0 Å². The molecule has 0 bridgehead atoms. The van der Waals surface area contributed by atoms with E-state index in [1.807, 2.05) is 0 Å². The molecule has 2 unspecified atom stereocenters. The minimum Gasteiger partial charge on any atom is -0.391 e. The number of aliphatic hydroxyl groups excluding tert-OH is 1. The van der Waals surface area contributed by atoms with Crippen molar-refractivity contribution in [3.05, 3.63) is 0 Å². The molecule has 0 amide bonds. The second kappa shape index (κ2) is 2.72. The van der Waals surface area contributed by atoms with E-state index in [1.54, 1.807) is 6.92 Å². The molecule has 0 radical (unpaired) electrons. The van der Waals surface area contributed by atoms with Crippen molar-refractivity contribution < 1.29 is 5.11 Å². The fraction of sp³-hybridized carbons (Fsp3) is 1.00. The van der Waals surface area contributed by atoms with Gasteiger partial charge in [0.2, 0.25) is 0 Å². The fourth-order valence-electron chi connectivity index (χ4n) is 0. The maximum Gasteiger partial charge on any atom is 0.102 e. The number of halogens is 1. The highest BCUT2D eigenvalue weighted by Gasteiger charge is 2.01. The van der Waals surface area contributed by atoms with Crippen molar-refractivity contribution in [1.82, 2.24) is 0 Å². The van der Waals surface area contributed by atoms with Gasteiger partial charge >= 0.3 is 0 Å². The van der Waals surface area contributed by atoms with Crippen LogP contribution in [0.2, 0.25) is 0 Å². The van der Waals surface area contributed by atoms with E-state index >= 15 is 0 Å². The quantitative estimate of drug-likeness (QED) is 0.395. The van der Waals surface area contributed by atoms with Gasteiger partial charge in [-0.2, -0.15) is 12.6 Å². The van der Waals surface area contributed by atoms with Gasteiger partial charge in [0, 0.05) is 0 Å². The Morgan fingerprint density at radius 3 is 2.00 bits per heavy atom. The highest BCUT2D eigenvalue weighted by molar-refractivity contribution is 7.82. The second-order valence-corrected chi connectivity index (χ2v) is 2.44. The van der Waals surface area contributed by atoms with E-state index in [-0.39, 0.29) is 0 Å². The van der Waals surface area contributed by atoms with Crippen molar-refractivity contribution in [2.24, 2.45) is 0 Å². The maximum absolute atomic E-state index is 8.42. The molecule has 3 heteroatoms.